The van der Waals surface area contributed by atoms with Crippen molar-refractivity contribution in [2.24, 2.45) is 0 Å². The van der Waals surface area contributed by atoms with Crippen LogP contribution in [0.5, 0.6) is 0 Å². The molecule has 26 heavy (non-hydrogen) atoms. The minimum Gasteiger partial charge on any atom is -0.478 e. The fraction of sp³-hybridized carbons (Fsp3) is 0.0588. The predicted molar refractivity (Wildman–Crippen MR) is 79.0 cm³/mol. The summed E-state index contributed by atoms with van der Waals surface area (Å²) in [5.41, 5.74) is -3.93. The Balaban J connectivity index is 2.46. The Morgan fingerprint density at radius 1 is 1.00 bits per heavy atom. The predicted octanol–water partition coefficient (Wildman–Crippen LogP) is 5.04. The number of carboxylic acids is 1. The molecule has 0 aliphatic rings. The Morgan fingerprint density at radius 2 is 1.62 bits per heavy atom. The molecule has 0 bridgehead atoms. The molecule has 0 unspecified atom stereocenters. The number of halogens is 6. The molecule has 3 aromatic rings. The van der Waals surface area contributed by atoms with Crippen LogP contribution in [0.2, 0.25) is 0 Å². The molecule has 3 rings (SSSR count). The number of aromatic carboxylic acids is 1. The summed E-state index contributed by atoms with van der Waals surface area (Å²) in [5.74, 6) is -5.55. The second-order valence-electron chi connectivity index (χ2n) is 5.33. The van der Waals surface area contributed by atoms with Crippen LogP contribution in [0, 0.1) is 17.5 Å². The maximum atomic E-state index is 14.1. The van der Waals surface area contributed by atoms with Crippen LogP contribution in [-0.4, -0.2) is 16.1 Å². The molecule has 0 radical (unpaired) electrons. The molecule has 0 amide bonds. The van der Waals surface area contributed by atoms with Crippen LogP contribution in [0.15, 0.2) is 36.5 Å². The lowest BCUT2D eigenvalue weighted by Crippen LogP contribution is -2.10. The number of pyridine rings is 1. The van der Waals surface area contributed by atoms with Crippen molar-refractivity contribution in [3.05, 3.63) is 65.1 Å². The molecule has 2 aromatic carbocycles. The summed E-state index contributed by atoms with van der Waals surface area (Å²) in [4.78, 5) is 14.7. The van der Waals surface area contributed by atoms with Crippen molar-refractivity contribution in [2.45, 2.75) is 6.18 Å². The van der Waals surface area contributed by atoms with Crippen LogP contribution in [-0.2, 0) is 6.18 Å². The van der Waals surface area contributed by atoms with Gasteiger partial charge in [0.05, 0.1) is 22.2 Å². The highest BCUT2D eigenvalue weighted by Crippen LogP contribution is 2.39. The van der Waals surface area contributed by atoms with Crippen LogP contribution in [0.1, 0.15) is 15.9 Å². The summed E-state index contributed by atoms with van der Waals surface area (Å²) in [6, 6.07) is 2.98. The van der Waals surface area contributed by atoms with Gasteiger partial charge in [-0.1, -0.05) is 0 Å². The van der Waals surface area contributed by atoms with Gasteiger partial charge in [0.1, 0.15) is 17.5 Å². The van der Waals surface area contributed by atoms with Gasteiger partial charge in [-0.2, -0.15) is 13.2 Å². The highest BCUT2D eigenvalue weighted by atomic mass is 19.4. The number of carbonyl (C=O) groups is 1. The molecule has 1 heterocycles. The number of alkyl halides is 3. The Bertz CT molecular complexity index is 1020. The lowest BCUT2D eigenvalue weighted by atomic mass is 9.96. The van der Waals surface area contributed by atoms with Gasteiger partial charge in [-0.05, 0) is 23.8 Å². The maximum absolute atomic E-state index is 14.1. The lowest BCUT2D eigenvalue weighted by molar-refractivity contribution is -0.136. The average Bonchev–Trinajstić information content (AvgIpc) is 2.52. The van der Waals surface area contributed by atoms with E-state index in [4.69, 9.17) is 5.11 Å². The third-order valence-electron chi connectivity index (χ3n) is 3.67. The van der Waals surface area contributed by atoms with Crippen molar-refractivity contribution in [3.8, 4) is 11.1 Å². The standard InChI is InChI=1S/C17H7F6NO2/c18-8-5-12(19)14(13(20)6-8)9-1-2-24-15-10(9)3-7(16(25)26)4-11(15)17(21,22)23/h1-6H,(H,25,26). The van der Waals surface area contributed by atoms with E-state index in [9.17, 15) is 31.1 Å². The van der Waals surface area contributed by atoms with Gasteiger partial charge in [0.2, 0.25) is 0 Å². The summed E-state index contributed by atoms with van der Waals surface area (Å²) in [5, 5.41) is 8.63. The van der Waals surface area contributed by atoms with Crippen LogP contribution < -0.4 is 0 Å². The highest BCUT2D eigenvalue weighted by Gasteiger charge is 2.35. The van der Waals surface area contributed by atoms with E-state index in [1.165, 1.54) is 0 Å². The van der Waals surface area contributed by atoms with Crippen molar-refractivity contribution in [2.75, 3.05) is 0 Å². The molecule has 1 aromatic heterocycles. The van der Waals surface area contributed by atoms with Gasteiger partial charge in [-0.15, -0.1) is 0 Å². The molecule has 0 aliphatic carbocycles. The Labute approximate surface area is 141 Å². The zero-order chi connectivity index (χ0) is 19.2. The van der Waals surface area contributed by atoms with Gasteiger partial charge in [0, 0.05) is 23.7 Å². The quantitative estimate of drug-likeness (QED) is 0.643. The first-order chi connectivity index (χ1) is 12.1. The van der Waals surface area contributed by atoms with E-state index >= 15 is 0 Å². The van der Waals surface area contributed by atoms with Crippen molar-refractivity contribution < 1.29 is 36.2 Å². The van der Waals surface area contributed by atoms with Gasteiger partial charge in [-0.25, -0.2) is 18.0 Å². The zero-order valence-electron chi connectivity index (χ0n) is 12.5. The molecule has 0 spiro atoms. The smallest absolute Gasteiger partial charge is 0.418 e. The number of carboxylic acid groups (broad SMARTS) is 1. The van der Waals surface area contributed by atoms with Crippen LogP contribution in [0.25, 0.3) is 22.0 Å². The van der Waals surface area contributed by atoms with E-state index < -0.39 is 57.2 Å². The van der Waals surface area contributed by atoms with Gasteiger partial charge < -0.3 is 5.11 Å². The van der Waals surface area contributed by atoms with Crippen molar-refractivity contribution in [3.63, 3.8) is 0 Å². The number of nitrogens with zero attached hydrogens (tertiary/aromatic N) is 1. The second kappa shape index (κ2) is 6.01. The second-order valence-corrected chi connectivity index (χ2v) is 5.33. The van der Waals surface area contributed by atoms with Crippen molar-refractivity contribution in [1.82, 2.24) is 4.98 Å². The lowest BCUT2D eigenvalue weighted by Gasteiger charge is -2.14. The van der Waals surface area contributed by atoms with Gasteiger partial charge in [-0.3, -0.25) is 4.98 Å². The van der Waals surface area contributed by atoms with E-state index in [1.807, 2.05) is 0 Å². The van der Waals surface area contributed by atoms with Crippen molar-refractivity contribution in [1.29, 1.82) is 0 Å². The van der Waals surface area contributed by atoms with Gasteiger partial charge in [0.15, 0.2) is 0 Å². The monoisotopic (exact) mass is 371 g/mol. The van der Waals surface area contributed by atoms with E-state index in [0.29, 0.717) is 18.2 Å². The Morgan fingerprint density at radius 3 is 2.15 bits per heavy atom. The van der Waals surface area contributed by atoms with Gasteiger partial charge >= 0.3 is 12.1 Å². The zero-order valence-corrected chi connectivity index (χ0v) is 12.5. The fourth-order valence-electron chi connectivity index (χ4n) is 2.61. The van der Waals surface area contributed by atoms with E-state index in [-0.39, 0.29) is 5.56 Å². The van der Waals surface area contributed by atoms with Crippen LogP contribution in [0.4, 0.5) is 26.3 Å². The summed E-state index contributed by atoms with van der Waals surface area (Å²) in [6.07, 6.45) is -4.05. The summed E-state index contributed by atoms with van der Waals surface area (Å²) in [6.45, 7) is 0. The number of hydrogen-bond donors (Lipinski definition) is 1. The third kappa shape index (κ3) is 2.96. The molecule has 9 heteroatoms. The summed E-state index contributed by atoms with van der Waals surface area (Å²) >= 11 is 0. The van der Waals surface area contributed by atoms with Gasteiger partial charge in [0.25, 0.3) is 0 Å². The maximum Gasteiger partial charge on any atom is 0.418 e. The molecule has 0 saturated carbocycles. The molecule has 134 valence electrons. The molecular weight excluding hydrogens is 364 g/mol. The molecule has 0 saturated heterocycles. The SMILES string of the molecule is O=C(O)c1cc(C(F)(F)F)c2nccc(-c3c(F)cc(F)cc3F)c2c1. The fourth-order valence-corrected chi connectivity index (χ4v) is 2.61. The third-order valence-corrected chi connectivity index (χ3v) is 3.67. The Hall–Kier alpha value is -3.10. The highest BCUT2D eigenvalue weighted by molar-refractivity contribution is 6.01. The minimum absolute atomic E-state index is 0.371. The first kappa shape index (κ1) is 17.7. The molecule has 1 N–H and O–H groups in total. The Kier molecular flexibility index (Phi) is 4.09. The molecule has 3 nitrogen and oxygen atoms in total. The van der Waals surface area contributed by atoms with Crippen molar-refractivity contribution >= 4 is 16.9 Å². The van der Waals surface area contributed by atoms with Crippen LogP contribution in [0.3, 0.4) is 0 Å². The number of rotatable bonds is 2. The van der Waals surface area contributed by atoms with E-state index in [2.05, 4.69) is 4.98 Å². The molecular formula is C17H7F6NO2. The number of hydrogen-bond acceptors (Lipinski definition) is 2. The normalized spacial score (nSPS) is 11.8. The first-order valence-electron chi connectivity index (χ1n) is 6.97. The van der Waals surface area contributed by atoms with E-state index in [1.54, 1.807) is 0 Å². The average molecular weight is 371 g/mol. The largest absolute Gasteiger partial charge is 0.478 e. The number of aromatic nitrogens is 1. The topological polar surface area (TPSA) is 50.2 Å². The summed E-state index contributed by atoms with van der Waals surface area (Å²) in [7, 11) is 0. The molecule has 0 atom stereocenters. The molecule has 0 aliphatic heterocycles. The molecule has 0 fully saturated rings. The van der Waals surface area contributed by atoms with E-state index in [0.717, 1.165) is 18.3 Å². The minimum atomic E-state index is -4.95. The van der Waals surface area contributed by atoms with Crippen LogP contribution >= 0.6 is 0 Å². The summed E-state index contributed by atoms with van der Waals surface area (Å²) < 4.78 is 81.1. The first-order valence-corrected chi connectivity index (χ1v) is 6.97. The number of benzene rings is 2. The number of fused-ring (bicyclic) bond motifs is 1.